The van der Waals surface area contributed by atoms with E-state index in [1.54, 1.807) is 7.05 Å². The van der Waals surface area contributed by atoms with Gasteiger partial charge in [-0.3, -0.25) is 0 Å². The average molecular weight is 324 g/mol. The zero-order valence-electron chi connectivity index (χ0n) is 11.0. The van der Waals surface area contributed by atoms with E-state index >= 15 is 0 Å². The Labute approximate surface area is 123 Å². The number of nitrogens with one attached hydrogen (secondary N) is 1. The van der Waals surface area contributed by atoms with E-state index < -0.39 is 10.0 Å². The number of imidazole rings is 1. The fourth-order valence-electron chi connectivity index (χ4n) is 2.27. The fraction of sp³-hybridized carbons (Fsp3) is 0.727. The fourth-order valence-corrected chi connectivity index (χ4v) is 4.74. The highest BCUT2D eigenvalue weighted by molar-refractivity contribution is 7.99. The summed E-state index contributed by atoms with van der Waals surface area (Å²) in [6.45, 7) is 0. The molecule has 108 valence electrons. The first-order chi connectivity index (χ1) is 8.94. The van der Waals surface area contributed by atoms with Gasteiger partial charge in [-0.2, -0.15) is 11.8 Å². The quantitative estimate of drug-likeness (QED) is 0.920. The second kappa shape index (κ2) is 6.03. The summed E-state index contributed by atoms with van der Waals surface area (Å²) in [5.74, 6) is 0. The van der Waals surface area contributed by atoms with E-state index in [4.69, 9.17) is 11.6 Å². The molecule has 1 N–H and O–H groups in total. The second-order valence-corrected chi connectivity index (χ2v) is 7.91. The molecule has 8 heteroatoms. The third-order valence-corrected chi connectivity index (χ3v) is 6.57. The van der Waals surface area contributed by atoms with Gasteiger partial charge in [-0.25, -0.2) is 18.1 Å². The van der Waals surface area contributed by atoms with Crippen LogP contribution in [-0.2, 0) is 17.1 Å². The highest BCUT2D eigenvalue weighted by Gasteiger charge is 2.28. The predicted molar refractivity (Wildman–Crippen MR) is 78.1 cm³/mol. The Morgan fingerprint density at radius 1 is 1.42 bits per heavy atom. The Hall–Kier alpha value is -0.240. The zero-order chi connectivity index (χ0) is 14.0. The lowest BCUT2D eigenvalue weighted by Gasteiger charge is -2.27. The molecule has 1 heterocycles. The van der Waals surface area contributed by atoms with E-state index in [0.717, 1.165) is 25.7 Å². The van der Waals surface area contributed by atoms with E-state index in [0.29, 0.717) is 5.25 Å². The van der Waals surface area contributed by atoms with Crippen LogP contribution in [0.4, 0.5) is 0 Å². The van der Waals surface area contributed by atoms with Crippen LogP contribution in [-0.4, -0.2) is 35.5 Å². The SMILES string of the molecule is CSC1CCC(NS(=O)(=O)c2ncn(C)c2Cl)CC1. The minimum absolute atomic E-state index is 0.00790. The maximum atomic E-state index is 12.2. The third kappa shape index (κ3) is 3.45. The molecule has 0 aliphatic heterocycles. The monoisotopic (exact) mass is 323 g/mol. The number of hydrogen-bond acceptors (Lipinski definition) is 4. The molecule has 2 rings (SSSR count). The van der Waals surface area contributed by atoms with Crippen molar-refractivity contribution < 1.29 is 8.42 Å². The molecule has 19 heavy (non-hydrogen) atoms. The van der Waals surface area contributed by atoms with Gasteiger partial charge < -0.3 is 4.57 Å². The number of nitrogens with zero attached hydrogens (tertiary/aromatic N) is 2. The second-order valence-electron chi connectivity index (χ2n) is 4.78. The maximum absolute atomic E-state index is 12.2. The van der Waals surface area contributed by atoms with Crippen LogP contribution in [0.5, 0.6) is 0 Å². The van der Waals surface area contributed by atoms with Crippen molar-refractivity contribution in [1.29, 1.82) is 0 Å². The molecular weight excluding hydrogens is 306 g/mol. The van der Waals surface area contributed by atoms with Crippen LogP contribution in [0.1, 0.15) is 25.7 Å². The summed E-state index contributed by atoms with van der Waals surface area (Å²) in [7, 11) is -1.95. The van der Waals surface area contributed by atoms with Gasteiger partial charge in [0.15, 0.2) is 0 Å². The molecule has 0 radical (unpaired) electrons. The first-order valence-corrected chi connectivity index (χ1v) is 9.31. The molecule has 0 spiro atoms. The maximum Gasteiger partial charge on any atom is 0.261 e. The molecule has 1 aliphatic rings. The molecule has 1 aliphatic carbocycles. The van der Waals surface area contributed by atoms with Crippen LogP contribution in [0, 0.1) is 0 Å². The van der Waals surface area contributed by atoms with Crippen molar-refractivity contribution in [2.24, 2.45) is 7.05 Å². The Morgan fingerprint density at radius 3 is 2.53 bits per heavy atom. The molecule has 0 amide bonds. The molecule has 1 fully saturated rings. The lowest BCUT2D eigenvalue weighted by molar-refractivity contribution is 0.419. The minimum Gasteiger partial charge on any atom is -0.324 e. The molecule has 0 bridgehead atoms. The van der Waals surface area contributed by atoms with E-state index in [9.17, 15) is 8.42 Å². The van der Waals surface area contributed by atoms with Gasteiger partial charge >= 0.3 is 0 Å². The minimum atomic E-state index is -3.61. The Balaban J connectivity index is 2.04. The number of rotatable bonds is 4. The molecule has 1 aromatic rings. The molecule has 1 saturated carbocycles. The normalized spacial score (nSPS) is 24.6. The Morgan fingerprint density at radius 2 is 2.05 bits per heavy atom. The van der Waals surface area contributed by atoms with E-state index in [-0.39, 0.29) is 16.2 Å². The van der Waals surface area contributed by atoms with Crippen LogP contribution in [0.25, 0.3) is 0 Å². The molecule has 0 saturated heterocycles. The van der Waals surface area contributed by atoms with Gasteiger partial charge in [-0.1, -0.05) is 11.6 Å². The van der Waals surface area contributed by atoms with Gasteiger partial charge in [-0.05, 0) is 31.9 Å². The van der Waals surface area contributed by atoms with Gasteiger partial charge in [0, 0.05) is 18.3 Å². The highest BCUT2D eigenvalue weighted by Crippen LogP contribution is 2.28. The average Bonchev–Trinajstić information content (AvgIpc) is 2.71. The van der Waals surface area contributed by atoms with Crippen LogP contribution >= 0.6 is 23.4 Å². The third-order valence-electron chi connectivity index (χ3n) is 3.42. The first kappa shape index (κ1) is 15.2. The van der Waals surface area contributed by atoms with Crippen LogP contribution < -0.4 is 4.72 Å². The van der Waals surface area contributed by atoms with Gasteiger partial charge in [0.25, 0.3) is 10.0 Å². The molecular formula is C11H18ClN3O2S2. The van der Waals surface area contributed by atoms with E-state index in [1.807, 2.05) is 11.8 Å². The van der Waals surface area contributed by atoms with Crippen molar-refractivity contribution in [1.82, 2.24) is 14.3 Å². The molecule has 0 unspecified atom stereocenters. The van der Waals surface area contributed by atoms with Crippen molar-refractivity contribution in [3.8, 4) is 0 Å². The molecule has 5 nitrogen and oxygen atoms in total. The van der Waals surface area contributed by atoms with Crippen molar-refractivity contribution in [3.05, 3.63) is 11.5 Å². The van der Waals surface area contributed by atoms with Crippen LogP contribution in [0.15, 0.2) is 11.4 Å². The first-order valence-electron chi connectivity index (χ1n) is 6.16. The number of hydrogen-bond donors (Lipinski definition) is 1. The summed E-state index contributed by atoms with van der Waals surface area (Å²) < 4.78 is 28.6. The molecule has 0 aromatic carbocycles. The summed E-state index contributed by atoms with van der Waals surface area (Å²) in [6, 6.07) is -0.00790. The lowest BCUT2D eigenvalue weighted by atomic mass is 9.96. The van der Waals surface area contributed by atoms with Gasteiger partial charge in [0.05, 0.1) is 6.33 Å². The number of aryl methyl sites for hydroxylation is 1. The van der Waals surface area contributed by atoms with Crippen LogP contribution in [0.2, 0.25) is 5.15 Å². The van der Waals surface area contributed by atoms with E-state index in [1.165, 1.54) is 10.9 Å². The van der Waals surface area contributed by atoms with Crippen LogP contribution in [0.3, 0.4) is 0 Å². The number of aromatic nitrogens is 2. The summed E-state index contributed by atoms with van der Waals surface area (Å²) in [6.07, 6.45) is 7.34. The summed E-state index contributed by atoms with van der Waals surface area (Å²) in [4.78, 5) is 3.86. The summed E-state index contributed by atoms with van der Waals surface area (Å²) in [5.41, 5.74) is 0. The zero-order valence-corrected chi connectivity index (χ0v) is 13.4. The number of halogens is 1. The Bertz CT molecular complexity index is 536. The molecule has 1 aromatic heterocycles. The summed E-state index contributed by atoms with van der Waals surface area (Å²) >= 11 is 7.79. The molecule has 0 atom stereocenters. The van der Waals surface area contributed by atoms with Crippen molar-refractivity contribution in [2.45, 2.75) is 42.0 Å². The largest absolute Gasteiger partial charge is 0.324 e. The van der Waals surface area contributed by atoms with Crippen molar-refractivity contribution >= 4 is 33.4 Å². The lowest BCUT2D eigenvalue weighted by Crippen LogP contribution is -2.38. The smallest absolute Gasteiger partial charge is 0.261 e. The predicted octanol–water partition coefficient (Wildman–Crippen LogP) is 2.03. The van der Waals surface area contributed by atoms with Gasteiger partial charge in [0.2, 0.25) is 5.03 Å². The number of thioether (sulfide) groups is 1. The number of sulfonamides is 1. The topological polar surface area (TPSA) is 64.0 Å². The van der Waals surface area contributed by atoms with E-state index in [2.05, 4.69) is 16.0 Å². The van der Waals surface area contributed by atoms with Gasteiger partial charge in [-0.15, -0.1) is 0 Å². The standard InChI is InChI=1S/C11H18ClN3O2S2/c1-15-7-13-11(10(15)12)19(16,17)14-8-3-5-9(18-2)6-4-8/h7-9,14H,3-6H2,1-2H3. The van der Waals surface area contributed by atoms with Gasteiger partial charge in [0.1, 0.15) is 5.15 Å². The van der Waals surface area contributed by atoms with Crippen molar-refractivity contribution in [2.75, 3.05) is 6.26 Å². The van der Waals surface area contributed by atoms with Crippen molar-refractivity contribution in [3.63, 3.8) is 0 Å². The highest BCUT2D eigenvalue weighted by atomic mass is 35.5. The summed E-state index contributed by atoms with van der Waals surface area (Å²) in [5, 5.41) is 0.716. The Kier molecular flexibility index (Phi) is 4.81.